The molecule has 11 nitrogen and oxygen atoms in total. The maximum Gasteiger partial charge on any atom is 0.353 e. The topological polar surface area (TPSA) is 146 Å². The van der Waals surface area contributed by atoms with Crippen LogP contribution in [-0.4, -0.2) is 106 Å². The minimum absolute atomic E-state index is 0.227. The number of hydrogen-bond donors (Lipinski definition) is 3. The molecule has 1 amide bonds. The molecule has 0 aliphatic rings. The summed E-state index contributed by atoms with van der Waals surface area (Å²) in [5.41, 5.74) is -2.21. The number of ketones is 1. The number of esters is 2. The lowest BCUT2D eigenvalue weighted by Gasteiger charge is -2.41. The van der Waals surface area contributed by atoms with Crippen molar-refractivity contribution in [2.24, 2.45) is 11.8 Å². The maximum absolute atomic E-state index is 14.8. The van der Waals surface area contributed by atoms with Crippen molar-refractivity contribution in [3.05, 3.63) is 35.9 Å². The van der Waals surface area contributed by atoms with E-state index in [4.69, 9.17) is 9.47 Å². The van der Waals surface area contributed by atoms with E-state index in [1.54, 1.807) is 55.6 Å². The Labute approximate surface area is 295 Å². The predicted octanol–water partition coefficient (Wildman–Crippen LogP) is 4.51. The van der Waals surface area contributed by atoms with Gasteiger partial charge in [-0.1, -0.05) is 57.0 Å². The number of carbonyl (C=O) groups is 4. The monoisotopic (exact) mass is 691 g/mol. The zero-order chi connectivity index (χ0) is 37.7. The summed E-state index contributed by atoms with van der Waals surface area (Å²) in [6, 6.07) is 7.19. The molecule has 1 aromatic carbocycles. The average molecular weight is 692 g/mol. The largest absolute Gasteiger partial charge is 0.393 e. The number of aliphatic hydroxyl groups is 2. The van der Waals surface area contributed by atoms with Crippen LogP contribution >= 0.6 is 0 Å². The summed E-state index contributed by atoms with van der Waals surface area (Å²) >= 11 is 0. The van der Waals surface area contributed by atoms with E-state index in [9.17, 15) is 29.4 Å². The Kier molecular flexibility index (Phi) is 18.3. The van der Waals surface area contributed by atoms with Crippen molar-refractivity contribution in [1.29, 1.82) is 0 Å². The highest BCUT2D eigenvalue weighted by atomic mass is 16.6. The summed E-state index contributed by atoms with van der Waals surface area (Å²) in [5, 5.41) is 22.5. The number of rotatable bonds is 21. The fourth-order valence-electron chi connectivity index (χ4n) is 6.21. The van der Waals surface area contributed by atoms with Gasteiger partial charge < -0.3 is 29.9 Å². The van der Waals surface area contributed by atoms with Crippen molar-refractivity contribution >= 4 is 23.6 Å². The minimum Gasteiger partial charge on any atom is -0.393 e. The van der Waals surface area contributed by atoms with Gasteiger partial charge in [-0.05, 0) is 106 Å². The van der Waals surface area contributed by atoms with Crippen LogP contribution in [0.3, 0.4) is 0 Å². The summed E-state index contributed by atoms with van der Waals surface area (Å²) in [5.74, 6) is -3.65. The van der Waals surface area contributed by atoms with Crippen LogP contribution in [0.2, 0.25) is 0 Å². The number of hydrogen-bond acceptors (Lipinski definition) is 10. The van der Waals surface area contributed by atoms with Crippen molar-refractivity contribution in [2.45, 2.75) is 149 Å². The normalized spacial score (nSPS) is 17.6. The Bertz CT molecular complexity index is 1190. The number of amides is 1. The molecule has 0 fully saturated rings. The van der Waals surface area contributed by atoms with Crippen LogP contribution in [0.1, 0.15) is 106 Å². The van der Waals surface area contributed by atoms with Crippen molar-refractivity contribution < 1.29 is 38.9 Å². The number of aliphatic hydroxyl groups excluding tert-OH is 2. The molecular weight excluding hydrogens is 626 g/mol. The zero-order valence-electron chi connectivity index (χ0n) is 32.1. The number of likely N-dealkylation sites (N-methyl/N-ethyl adjacent to an activating group) is 3. The first-order valence-electron chi connectivity index (χ1n) is 17.7. The maximum atomic E-state index is 14.8. The highest BCUT2D eigenvalue weighted by molar-refractivity contribution is 6.12. The standard InChI is InChI=1S/C38H65N3O8/c1-25(18-16-20-27(3)42)31(39-10)35(46)48-36(47)38(9,49-37(6,7)8)33(44)32(26(2)19-17-21-28(4)43)41(12)34(45)29(5)40(11)24-30-22-14-13-15-23-30/h13-15,22-23,25-29,31-32,39,42-43H,16-21,24H2,1-12H3/t25-,26-,27?,28?,29-,31-,32-,38?/m0/s1. The van der Waals surface area contributed by atoms with Gasteiger partial charge in [-0.25, -0.2) is 9.59 Å². The van der Waals surface area contributed by atoms with E-state index >= 15 is 0 Å². The first-order chi connectivity index (χ1) is 22.7. The molecule has 11 heteroatoms. The Hall–Kier alpha value is -2.70. The molecule has 0 aromatic heterocycles. The number of benzene rings is 1. The highest BCUT2D eigenvalue weighted by Gasteiger charge is 2.53. The lowest BCUT2D eigenvalue weighted by Crippen LogP contribution is -2.62. The van der Waals surface area contributed by atoms with Crippen LogP contribution in [0.5, 0.6) is 0 Å². The molecule has 0 saturated heterocycles. The third-order valence-corrected chi connectivity index (χ3v) is 9.13. The smallest absolute Gasteiger partial charge is 0.353 e. The molecule has 0 aliphatic heterocycles. The molecule has 8 atom stereocenters. The van der Waals surface area contributed by atoms with Gasteiger partial charge in [0.15, 0.2) is 5.78 Å². The average Bonchev–Trinajstić information content (AvgIpc) is 2.99. The van der Waals surface area contributed by atoms with E-state index in [1.165, 1.54) is 11.8 Å². The second-order valence-electron chi connectivity index (χ2n) is 15.1. The Morgan fingerprint density at radius 2 is 1.33 bits per heavy atom. The third kappa shape index (κ3) is 14.2. The van der Waals surface area contributed by atoms with Crippen LogP contribution in [0.15, 0.2) is 30.3 Å². The second kappa shape index (κ2) is 20.2. The first kappa shape index (κ1) is 44.3. The molecule has 1 aromatic rings. The van der Waals surface area contributed by atoms with Gasteiger partial charge in [0, 0.05) is 13.6 Å². The Morgan fingerprint density at radius 3 is 1.80 bits per heavy atom. The molecule has 3 N–H and O–H groups in total. The van der Waals surface area contributed by atoms with Crippen molar-refractivity contribution in [3.8, 4) is 0 Å². The molecular formula is C38H65N3O8. The Balaban J connectivity index is 3.48. The van der Waals surface area contributed by atoms with Crippen molar-refractivity contribution in [3.63, 3.8) is 0 Å². The van der Waals surface area contributed by atoms with E-state index in [2.05, 4.69) is 5.32 Å². The van der Waals surface area contributed by atoms with Gasteiger partial charge in [0.1, 0.15) is 6.04 Å². The van der Waals surface area contributed by atoms with Crippen LogP contribution in [0, 0.1) is 11.8 Å². The molecule has 0 saturated carbocycles. The number of nitrogens with zero attached hydrogens (tertiary/aromatic N) is 2. The van der Waals surface area contributed by atoms with Gasteiger partial charge in [-0.3, -0.25) is 14.5 Å². The summed E-state index contributed by atoms with van der Waals surface area (Å²) in [6.07, 6.45) is 2.44. The van der Waals surface area contributed by atoms with E-state index in [0.29, 0.717) is 45.1 Å². The van der Waals surface area contributed by atoms with E-state index in [1.807, 2.05) is 56.1 Å². The van der Waals surface area contributed by atoms with Gasteiger partial charge >= 0.3 is 11.9 Å². The van der Waals surface area contributed by atoms with Gasteiger partial charge in [-0.2, -0.15) is 0 Å². The number of Topliss-reactive ketones (excluding diaryl/α,β-unsaturated/α-hetero) is 1. The lowest BCUT2D eigenvalue weighted by atomic mass is 9.83. The van der Waals surface area contributed by atoms with Crippen LogP contribution < -0.4 is 5.32 Å². The first-order valence-corrected chi connectivity index (χ1v) is 17.7. The molecule has 280 valence electrons. The van der Waals surface area contributed by atoms with Crippen molar-refractivity contribution in [1.82, 2.24) is 15.1 Å². The molecule has 3 unspecified atom stereocenters. The summed E-state index contributed by atoms with van der Waals surface area (Å²) < 4.78 is 11.6. The molecule has 0 bridgehead atoms. The summed E-state index contributed by atoms with van der Waals surface area (Å²) in [6.45, 7) is 15.8. The second-order valence-corrected chi connectivity index (χ2v) is 15.1. The quantitative estimate of drug-likeness (QED) is 0.124. The molecule has 1 rings (SSSR count). The lowest BCUT2D eigenvalue weighted by molar-refractivity contribution is -0.196. The third-order valence-electron chi connectivity index (χ3n) is 9.13. The van der Waals surface area contributed by atoms with Crippen LogP contribution in [-0.2, 0) is 35.2 Å². The van der Waals surface area contributed by atoms with Gasteiger partial charge in [-0.15, -0.1) is 0 Å². The molecule has 0 spiro atoms. The van der Waals surface area contributed by atoms with Gasteiger partial charge in [0.25, 0.3) is 0 Å². The van der Waals surface area contributed by atoms with Crippen LogP contribution in [0.25, 0.3) is 0 Å². The number of ether oxygens (including phenoxy) is 2. The summed E-state index contributed by atoms with van der Waals surface area (Å²) in [4.78, 5) is 59.5. The molecule has 0 radical (unpaired) electrons. The zero-order valence-corrected chi connectivity index (χ0v) is 32.1. The molecule has 49 heavy (non-hydrogen) atoms. The fourth-order valence-corrected chi connectivity index (χ4v) is 6.21. The van der Waals surface area contributed by atoms with Crippen LogP contribution in [0.4, 0.5) is 0 Å². The van der Waals surface area contributed by atoms with Gasteiger partial charge in [0.05, 0.1) is 29.9 Å². The van der Waals surface area contributed by atoms with E-state index in [0.717, 1.165) is 5.56 Å². The number of nitrogens with one attached hydrogen (secondary N) is 1. The van der Waals surface area contributed by atoms with E-state index in [-0.39, 0.29) is 11.8 Å². The SMILES string of the molecule is CN[C@H](C(=O)OC(=O)C(C)(OC(C)(C)C)C(=O)[C@H]([C@@H](C)CCCC(C)O)N(C)C(=O)[C@H](C)N(C)Cc1ccccc1)[C@@H](C)CCCC(C)O. The molecule has 0 heterocycles. The summed E-state index contributed by atoms with van der Waals surface area (Å²) in [7, 11) is 4.99. The van der Waals surface area contributed by atoms with Gasteiger partial charge in [0.2, 0.25) is 11.5 Å². The van der Waals surface area contributed by atoms with E-state index < -0.39 is 65.2 Å². The number of carbonyl (C=O) groups excluding carboxylic acids is 4. The predicted molar refractivity (Wildman–Crippen MR) is 192 cm³/mol. The highest BCUT2D eigenvalue weighted by Crippen LogP contribution is 2.30. The fraction of sp³-hybridized carbons (Fsp3) is 0.737. The Morgan fingerprint density at radius 1 is 0.816 bits per heavy atom. The minimum atomic E-state index is -2.24. The van der Waals surface area contributed by atoms with Crippen molar-refractivity contribution in [2.75, 3.05) is 21.1 Å². The molecule has 0 aliphatic carbocycles.